The summed E-state index contributed by atoms with van der Waals surface area (Å²) in [5.74, 6) is -2.60. The molecule has 10 nitrogen and oxygen atoms in total. The Balaban J connectivity index is 1.80. The summed E-state index contributed by atoms with van der Waals surface area (Å²) < 4.78 is 10.2. The first-order chi connectivity index (χ1) is 19.6. The van der Waals surface area contributed by atoms with E-state index in [1.54, 1.807) is 48.5 Å². The van der Waals surface area contributed by atoms with Gasteiger partial charge in [-0.2, -0.15) is 5.26 Å². The fraction of sp³-hybridized carbons (Fsp3) is 0.333. The first kappa shape index (κ1) is 29.5. The van der Waals surface area contributed by atoms with Crippen molar-refractivity contribution in [1.29, 1.82) is 5.26 Å². The molecule has 0 saturated carbocycles. The van der Waals surface area contributed by atoms with Crippen LogP contribution in [0.25, 0.3) is 0 Å². The van der Waals surface area contributed by atoms with E-state index in [0.29, 0.717) is 42.5 Å². The van der Waals surface area contributed by atoms with E-state index >= 15 is 0 Å². The van der Waals surface area contributed by atoms with Gasteiger partial charge in [0.05, 0.1) is 48.1 Å². The summed E-state index contributed by atoms with van der Waals surface area (Å²) in [7, 11) is 2.39. The predicted octanol–water partition coefficient (Wildman–Crippen LogP) is 3.54. The third-order valence-corrected chi connectivity index (χ3v) is 7.53. The van der Waals surface area contributed by atoms with Gasteiger partial charge in [0, 0.05) is 37.8 Å². The summed E-state index contributed by atoms with van der Waals surface area (Å²) in [5.41, 5.74) is 8.06. The largest absolute Gasteiger partial charge is 0.466 e. The number of methoxy groups -OCH3 is 2. The second kappa shape index (κ2) is 12.4. The van der Waals surface area contributed by atoms with Crippen LogP contribution in [0.3, 0.4) is 0 Å². The molecule has 1 saturated heterocycles. The van der Waals surface area contributed by atoms with E-state index in [-0.39, 0.29) is 34.5 Å². The summed E-state index contributed by atoms with van der Waals surface area (Å²) in [6.07, 6.45) is 0. The number of nitriles is 1. The number of halogens is 1. The molecule has 11 heteroatoms. The molecule has 2 aliphatic rings. The zero-order chi connectivity index (χ0) is 29.8. The number of carbonyl (C=O) groups excluding carboxylic acids is 3. The van der Waals surface area contributed by atoms with E-state index in [2.05, 4.69) is 11.0 Å². The number of nitrogens with two attached hydrogens (primary N) is 1. The molecule has 214 valence electrons. The first-order valence-corrected chi connectivity index (χ1v) is 13.5. The molecular weight excluding hydrogens is 546 g/mol. The minimum Gasteiger partial charge on any atom is -0.466 e. The van der Waals surface area contributed by atoms with Gasteiger partial charge in [-0.1, -0.05) is 55.8 Å². The zero-order valence-corrected chi connectivity index (χ0v) is 24.1. The second-order valence-electron chi connectivity index (χ2n) is 9.94. The molecule has 2 aliphatic heterocycles. The van der Waals surface area contributed by atoms with Gasteiger partial charge in [0.25, 0.3) is 0 Å². The summed E-state index contributed by atoms with van der Waals surface area (Å²) >= 11 is 6.77. The van der Waals surface area contributed by atoms with E-state index in [9.17, 15) is 19.6 Å². The van der Waals surface area contributed by atoms with E-state index < -0.39 is 17.9 Å². The molecule has 2 aromatic carbocycles. The molecule has 0 bridgehead atoms. The van der Waals surface area contributed by atoms with Crippen LogP contribution in [-0.4, -0.2) is 63.1 Å². The van der Waals surface area contributed by atoms with Crippen molar-refractivity contribution < 1.29 is 23.9 Å². The molecule has 0 aromatic heterocycles. The summed E-state index contributed by atoms with van der Waals surface area (Å²) in [4.78, 5) is 44.1. The maximum Gasteiger partial charge on any atom is 0.355 e. The Kier molecular flexibility index (Phi) is 8.89. The van der Waals surface area contributed by atoms with Crippen molar-refractivity contribution in [2.45, 2.75) is 19.8 Å². The summed E-state index contributed by atoms with van der Waals surface area (Å²) in [6.45, 7) is 6.10. The molecule has 2 aromatic rings. The van der Waals surface area contributed by atoms with Crippen molar-refractivity contribution in [3.63, 3.8) is 0 Å². The van der Waals surface area contributed by atoms with Gasteiger partial charge in [-0.3, -0.25) is 9.69 Å². The maximum absolute atomic E-state index is 13.3. The van der Waals surface area contributed by atoms with E-state index in [4.69, 9.17) is 26.8 Å². The van der Waals surface area contributed by atoms with Crippen LogP contribution in [0.4, 0.5) is 11.4 Å². The highest BCUT2D eigenvalue weighted by atomic mass is 35.5. The fourth-order valence-corrected chi connectivity index (χ4v) is 5.50. The van der Waals surface area contributed by atoms with Crippen LogP contribution >= 0.6 is 11.6 Å². The number of benzene rings is 2. The number of hydrogen-bond donors (Lipinski definition) is 1. The van der Waals surface area contributed by atoms with Gasteiger partial charge >= 0.3 is 11.9 Å². The lowest BCUT2D eigenvalue weighted by Crippen LogP contribution is -2.50. The van der Waals surface area contributed by atoms with Crippen LogP contribution in [0.5, 0.6) is 0 Å². The number of esters is 2. The fourth-order valence-electron chi connectivity index (χ4n) is 5.21. The molecule has 2 heterocycles. The monoisotopic (exact) mass is 577 g/mol. The molecule has 0 aliphatic carbocycles. The van der Waals surface area contributed by atoms with Gasteiger partial charge in [0.15, 0.2) is 0 Å². The third kappa shape index (κ3) is 5.58. The van der Waals surface area contributed by atoms with Crippen molar-refractivity contribution >= 4 is 40.8 Å². The molecule has 1 unspecified atom stereocenters. The molecule has 1 fully saturated rings. The Bertz CT molecular complexity index is 1460. The van der Waals surface area contributed by atoms with Crippen LogP contribution in [0.15, 0.2) is 71.2 Å². The molecule has 0 radical (unpaired) electrons. The molecular formula is C30H32ClN5O5. The third-order valence-electron chi connectivity index (χ3n) is 7.23. The Morgan fingerprint density at radius 3 is 2.17 bits per heavy atom. The number of rotatable bonds is 6. The summed E-state index contributed by atoms with van der Waals surface area (Å²) in [5, 5.41) is 10.6. The predicted molar refractivity (Wildman–Crippen MR) is 155 cm³/mol. The average Bonchev–Trinajstić information content (AvgIpc) is 2.99. The maximum atomic E-state index is 13.3. The summed E-state index contributed by atoms with van der Waals surface area (Å²) in [6, 6.07) is 16.0. The van der Waals surface area contributed by atoms with Gasteiger partial charge in [-0.25, -0.2) is 9.59 Å². The molecule has 0 spiro atoms. The van der Waals surface area contributed by atoms with E-state index in [1.807, 2.05) is 18.7 Å². The zero-order valence-electron chi connectivity index (χ0n) is 23.4. The smallest absolute Gasteiger partial charge is 0.355 e. The first-order valence-electron chi connectivity index (χ1n) is 13.1. The standard InChI is InChI=1S/C30H32ClN5O5/c1-18(2)28(37)35-14-12-34(13-15-35)23-11-10-20(16-22(23)31)36-26(30(39)41-4)25(29(38)40-3)24(21(17-32)27(36)33)19-8-6-5-7-9-19/h5-11,16,18,24H,12-15,33H2,1-4H3. The molecule has 4 rings (SSSR count). The lowest BCUT2D eigenvalue weighted by Gasteiger charge is -2.38. The number of anilines is 2. The Morgan fingerprint density at radius 2 is 1.63 bits per heavy atom. The highest BCUT2D eigenvalue weighted by Gasteiger charge is 2.43. The molecule has 41 heavy (non-hydrogen) atoms. The quantitative estimate of drug-likeness (QED) is 0.512. The van der Waals surface area contributed by atoms with Gasteiger partial charge < -0.3 is 25.0 Å². The van der Waals surface area contributed by atoms with Crippen LogP contribution in [-0.2, 0) is 23.9 Å². The van der Waals surface area contributed by atoms with Crippen LogP contribution in [0, 0.1) is 17.2 Å². The number of ether oxygens (including phenoxy) is 2. The minimum atomic E-state index is -0.960. The average molecular weight is 578 g/mol. The SMILES string of the molecule is COC(=O)C1=C(C(=O)OC)N(c2ccc(N3CCN(C(=O)C(C)C)CC3)c(Cl)c2)C(N)=C(C#N)C1c1ccccc1. The number of nitrogens with zero attached hydrogens (tertiary/aromatic N) is 4. The molecule has 2 N–H and O–H groups in total. The van der Waals surface area contributed by atoms with Crippen molar-refractivity contribution in [2.75, 3.05) is 50.2 Å². The molecule has 1 atom stereocenters. The highest BCUT2D eigenvalue weighted by Crippen LogP contribution is 2.44. The lowest BCUT2D eigenvalue weighted by atomic mass is 9.81. The Labute approximate surface area is 244 Å². The number of carbonyl (C=O) groups is 3. The van der Waals surface area contributed by atoms with Crippen molar-refractivity contribution in [2.24, 2.45) is 11.7 Å². The van der Waals surface area contributed by atoms with E-state index in [0.717, 1.165) is 5.69 Å². The Morgan fingerprint density at radius 1 is 1.00 bits per heavy atom. The van der Waals surface area contributed by atoms with Crippen molar-refractivity contribution in [3.05, 3.63) is 81.8 Å². The van der Waals surface area contributed by atoms with E-state index in [1.165, 1.54) is 19.1 Å². The second-order valence-corrected chi connectivity index (χ2v) is 10.3. The number of hydrogen-bond acceptors (Lipinski definition) is 9. The number of piperazine rings is 1. The van der Waals surface area contributed by atoms with Gasteiger partial charge in [0.2, 0.25) is 5.91 Å². The number of amides is 1. The van der Waals surface area contributed by atoms with Crippen LogP contribution < -0.4 is 15.5 Å². The normalized spacial score (nSPS) is 17.5. The van der Waals surface area contributed by atoms with Crippen LogP contribution in [0.2, 0.25) is 5.02 Å². The van der Waals surface area contributed by atoms with Gasteiger partial charge in [-0.15, -0.1) is 0 Å². The highest BCUT2D eigenvalue weighted by molar-refractivity contribution is 6.33. The lowest BCUT2D eigenvalue weighted by molar-refractivity contribution is -0.139. The van der Waals surface area contributed by atoms with Crippen molar-refractivity contribution in [1.82, 2.24) is 4.90 Å². The van der Waals surface area contributed by atoms with Gasteiger partial charge in [-0.05, 0) is 23.8 Å². The number of allylic oxidation sites excluding steroid dienone is 1. The minimum absolute atomic E-state index is 0.0426. The van der Waals surface area contributed by atoms with Crippen LogP contribution in [0.1, 0.15) is 25.3 Å². The van der Waals surface area contributed by atoms with Crippen molar-refractivity contribution in [3.8, 4) is 6.07 Å². The molecule has 1 amide bonds. The Hall–Kier alpha value is -4.49. The topological polar surface area (TPSA) is 129 Å². The van der Waals surface area contributed by atoms with Gasteiger partial charge in [0.1, 0.15) is 11.5 Å².